The lowest BCUT2D eigenvalue weighted by atomic mass is 10.2. The van der Waals surface area contributed by atoms with Crippen LogP contribution < -0.4 is 10.5 Å². The second kappa shape index (κ2) is 9.32. The minimum atomic E-state index is -0.762. The van der Waals surface area contributed by atoms with Crippen LogP contribution in [-0.2, 0) is 22.8 Å². The molecule has 0 aliphatic carbocycles. The minimum Gasteiger partial charge on any atom is -0.489 e. The van der Waals surface area contributed by atoms with E-state index in [9.17, 15) is 14.9 Å². The summed E-state index contributed by atoms with van der Waals surface area (Å²) in [6, 6.07) is 17.8. The molecule has 30 heavy (non-hydrogen) atoms. The second-order valence-corrected chi connectivity index (χ2v) is 6.30. The zero-order chi connectivity index (χ0) is 21.5. The standard InChI is InChI=1S/C20H19N5O5/c1-14-11-18(25(27)28)22-24(14)12-19(26)30-23-20(21)16-7-9-17(10-8-16)29-13-15-5-3-2-4-6-15/h2-11H,12-13H2,1H3,(H2,21,23). The molecule has 0 saturated carbocycles. The van der Waals surface area contributed by atoms with Gasteiger partial charge in [0.15, 0.2) is 12.4 Å². The van der Waals surface area contributed by atoms with Crippen LogP contribution in [0.15, 0.2) is 65.8 Å². The molecule has 154 valence electrons. The van der Waals surface area contributed by atoms with Crippen LogP contribution in [0.3, 0.4) is 0 Å². The number of carbonyl (C=O) groups is 1. The third kappa shape index (κ3) is 5.41. The van der Waals surface area contributed by atoms with Gasteiger partial charge < -0.3 is 25.4 Å². The highest BCUT2D eigenvalue weighted by Crippen LogP contribution is 2.14. The Hall–Kier alpha value is -4.21. The van der Waals surface area contributed by atoms with Crippen molar-refractivity contribution in [3.05, 3.63) is 87.6 Å². The fraction of sp³-hybridized carbons (Fsp3) is 0.150. The number of nitro groups is 1. The van der Waals surface area contributed by atoms with Crippen LogP contribution in [-0.4, -0.2) is 26.5 Å². The summed E-state index contributed by atoms with van der Waals surface area (Å²) in [7, 11) is 0. The van der Waals surface area contributed by atoms with Crippen LogP contribution in [0.2, 0.25) is 0 Å². The van der Waals surface area contributed by atoms with E-state index in [1.54, 1.807) is 31.2 Å². The Morgan fingerprint density at radius 3 is 2.53 bits per heavy atom. The highest BCUT2D eigenvalue weighted by Gasteiger charge is 2.18. The number of rotatable bonds is 8. The fourth-order valence-corrected chi connectivity index (χ4v) is 2.51. The quantitative estimate of drug-likeness (QED) is 0.199. The molecule has 0 aliphatic heterocycles. The van der Waals surface area contributed by atoms with E-state index >= 15 is 0 Å². The number of nitrogens with two attached hydrogens (primary N) is 1. The zero-order valence-electron chi connectivity index (χ0n) is 16.1. The van der Waals surface area contributed by atoms with Crippen molar-refractivity contribution >= 4 is 17.6 Å². The SMILES string of the molecule is Cc1cc([N+](=O)[O-])nn1CC(=O)O/N=C(\N)c1ccc(OCc2ccccc2)cc1. The molecule has 1 aromatic heterocycles. The molecule has 0 aliphatic rings. The predicted octanol–water partition coefficient (Wildman–Crippen LogP) is 2.54. The molecule has 0 saturated heterocycles. The van der Waals surface area contributed by atoms with Gasteiger partial charge in [0, 0.05) is 5.56 Å². The molecular formula is C20H19N5O5. The minimum absolute atomic E-state index is 0.00104. The van der Waals surface area contributed by atoms with Crippen LogP contribution in [0.5, 0.6) is 5.75 Å². The predicted molar refractivity (Wildman–Crippen MR) is 108 cm³/mol. The van der Waals surface area contributed by atoms with Gasteiger partial charge in [0.2, 0.25) is 0 Å². The summed E-state index contributed by atoms with van der Waals surface area (Å²) in [4.78, 5) is 26.8. The zero-order valence-corrected chi connectivity index (χ0v) is 16.1. The summed E-state index contributed by atoms with van der Waals surface area (Å²) >= 11 is 0. The number of oxime groups is 1. The van der Waals surface area contributed by atoms with Gasteiger partial charge in [-0.05, 0) is 41.7 Å². The molecule has 10 nitrogen and oxygen atoms in total. The number of ether oxygens (including phenoxy) is 1. The normalized spacial score (nSPS) is 11.2. The monoisotopic (exact) mass is 409 g/mol. The Bertz CT molecular complexity index is 1060. The molecule has 1 heterocycles. The molecule has 0 bridgehead atoms. The van der Waals surface area contributed by atoms with Gasteiger partial charge >= 0.3 is 11.8 Å². The van der Waals surface area contributed by atoms with Crippen molar-refractivity contribution in [1.82, 2.24) is 9.78 Å². The van der Waals surface area contributed by atoms with Crippen molar-refractivity contribution in [1.29, 1.82) is 0 Å². The summed E-state index contributed by atoms with van der Waals surface area (Å²) in [5.41, 5.74) is 7.88. The molecule has 0 fully saturated rings. The molecular weight excluding hydrogens is 390 g/mol. The lowest BCUT2D eigenvalue weighted by Gasteiger charge is -2.07. The van der Waals surface area contributed by atoms with Crippen molar-refractivity contribution in [3.63, 3.8) is 0 Å². The Morgan fingerprint density at radius 2 is 1.90 bits per heavy atom. The van der Waals surface area contributed by atoms with Gasteiger partial charge in [-0.2, -0.15) is 4.68 Å². The maximum Gasteiger partial charge on any atom is 0.390 e. The molecule has 2 aromatic carbocycles. The summed E-state index contributed by atoms with van der Waals surface area (Å²) in [6.45, 7) is 1.70. The van der Waals surface area contributed by atoms with E-state index in [-0.39, 0.29) is 18.2 Å². The van der Waals surface area contributed by atoms with Gasteiger partial charge in [-0.25, -0.2) is 4.79 Å². The van der Waals surface area contributed by atoms with Gasteiger partial charge in [0.25, 0.3) is 0 Å². The first-order valence-electron chi connectivity index (χ1n) is 8.91. The summed E-state index contributed by atoms with van der Waals surface area (Å²) in [5.74, 6) is -0.455. The number of benzene rings is 2. The van der Waals surface area contributed by atoms with Gasteiger partial charge in [-0.1, -0.05) is 35.5 Å². The van der Waals surface area contributed by atoms with E-state index in [0.29, 0.717) is 23.6 Å². The van der Waals surface area contributed by atoms with Crippen LogP contribution in [0, 0.1) is 17.0 Å². The first kappa shape index (κ1) is 20.5. The van der Waals surface area contributed by atoms with E-state index in [1.807, 2.05) is 30.3 Å². The highest BCUT2D eigenvalue weighted by molar-refractivity contribution is 5.97. The summed E-state index contributed by atoms with van der Waals surface area (Å²) < 4.78 is 6.86. The number of hydrogen-bond donors (Lipinski definition) is 1. The third-order valence-corrected chi connectivity index (χ3v) is 4.08. The van der Waals surface area contributed by atoms with E-state index < -0.39 is 10.9 Å². The van der Waals surface area contributed by atoms with E-state index in [1.165, 1.54) is 6.07 Å². The topological polar surface area (TPSA) is 135 Å². The average Bonchev–Trinajstić information content (AvgIpc) is 3.12. The Kier molecular flexibility index (Phi) is 6.38. The van der Waals surface area contributed by atoms with Crippen LogP contribution in [0.25, 0.3) is 0 Å². The van der Waals surface area contributed by atoms with E-state index in [2.05, 4.69) is 10.3 Å². The number of hydrogen-bond acceptors (Lipinski definition) is 7. The maximum atomic E-state index is 11.9. The number of aromatic nitrogens is 2. The Morgan fingerprint density at radius 1 is 1.20 bits per heavy atom. The molecule has 0 radical (unpaired) electrons. The Labute approximate surface area is 171 Å². The maximum absolute atomic E-state index is 11.9. The van der Waals surface area contributed by atoms with Crippen LogP contribution in [0.1, 0.15) is 16.8 Å². The highest BCUT2D eigenvalue weighted by atomic mass is 16.7. The fourth-order valence-electron chi connectivity index (χ4n) is 2.51. The van der Waals surface area contributed by atoms with Gasteiger partial charge in [0.05, 0.1) is 16.9 Å². The largest absolute Gasteiger partial charge is 0.489 e. The van der Waals surface area contributed by atoms with E-state index in [0.717, 1.165) is 10.2 Å². The van der Waals surface area contributed by atoms with Gasteiger partial charge in [-0.3, -0.25) is 0 Å². The first-order chi connectivity index (χ1) is 14.4. The van der Waals surface area contributed by atoms with Crippen molar-refractivity contribution in [3.8, 4) is 5.75 Å². The van der Waals surface area contributed by atoms with Gasteiger partial charge in [0.1, 0.15) is 12.4 Å². The van der Waals surface area contributed by atoms with Crippen molar-refractivity contribution < 1.29 is 19.3 Å². The molecule has 3 rings (SSSR count). The molecule has 0 amide bonds. The average molecular weight is 409 g/mol. The first-order valence-corrected chi connectivity index (χ1v) is 8.91. The summed E-state index contributed by atoms with van der Waals surface area (Å²) in [6.07, 6.45) is 0. The number of amidine groups is 1. The molecule has 0 spiro atoms. The number of carbonyl (C=O) groups excluding carboxylic acids is 1. The van der Waals surface area contributed by atoms with Crippen LogP contribution >= 0.6 is 0 Å². The summed E-state index contributed by atoms with van der Waals surface area (Å²) in [5, 5.41) is 18.0. The molecule has 2 N–H and O–H groups in total. The van der Waals surface area contributed by atoms with Gasteiger partial charge in [-0.15, -0.1) is 0 Å². The molecule has 3 aromatic rings. The second-order valence-electron chi connectivity index (χ2n) is 6.30. The molecule has 10 heteroatoms. The lowest BCUT2D eigenvalue weighted by molar-refractivity contribution is -0.389. The molecule has 0 unspecified atom stereocenters. The number of nitrogens with zero attached hydrogens (tertiary/aromatic N) is 4. The smallest absolute Gasteiger partial charge is 0.390 e. The third-order valence-electron chi connectivity index (χ3n) is 4.08. The van der Waals surface area contributed by atoms with Crippen molar-refractivity contribution in [2.24, 2.45) is 10.9 Å². The Balaban J connectivity index is 1.54. The lowest BCUT2D eigenvalue weighted by Crippen LogP contribution is -2.18. The number of aryl methyl sites for hydroxylation is 1. The van der Waals surface area contributed by atoms with Crippen molar-refractivity contribution in [2.75, 3.05) is 0 Å². The van der Waals surface area contributed by atoms with E-state index in [4.69, 9.17) is 15.3 Å². The molecule has 0 atom stereocenters. The van der Waals surface area contributed by atoms with Crippen LogP contribution in [0.4, 0.5) is 5.82 Å². The van der Waals surface area contributed by atoms with Crippen molar-refractivity contribution in [2.45, 2.75) is 20.1 Å².